The summed E-state index contributed by atoms with van der Waals surface area (Å²) in [6.07, 6.45) is 5.46. The van der Waals surface area contributed by atoms with Gasteiger partial charge in [0.25, 0.3) is 5.91 Å². The molecule has 3 aromatic rings. The summed E-state index contributed by atoms with van der Waals surface area (Å²) in [6.45, 7) is 6.41. The molecule has 2 saturated heterocycles. The van der Waals surface area contributed by atoms with Crippen molar-refractivity contribution in [2.45, 2.75) is 82.8 Å². The third-order valence-electron chi connectivity index (χ3n) is 10.1. The number of fused-ring (bicyclic) bond motifs is 1. The van der Waals surface area contributed by atoms with Crippen LogP contribution in [0.25, 0.3) is 10.9 Å². The van der Waals surface area contributed by atoms with E-state index in [4.69, 9.17) is 32.7 Å². The molecule has 258 valence electrons. The van der Waals surface area contributed by atoms with Crippen LogP contribution < -0.4 is 5.32 Å². The van der Waals surface area contributed by atoms with Gasteiger partial charge in [0, 0.05) is 60.8 Å². The lowest BCUT2D eigenvalue weighted by atomic mass is 9.87. The van der Waals surface area contributed by atoms with Crippen molar-refractivity contribution in [2.24, 2.45) is 13.0 Å². The molecule has 3 fully saturated rings. The molecule has 2 aromatic carbocycles. The second kappa shape index (κ2) is 14.5. The second-order valence-corrected chi connectivity index (χ2v) is 14.3. The molecule has 0 bridgehead atoms. The number of anilines is 1. The number of likely N-dealkylation sites (tertiary alicyclic amines) is 1. The number of halogens is 2. The van der Waals surface area contributed by atoms with E-state index in [0.29, 0.717) is 73.8 Å². The summed E-state index contributed by atoms with van der Waals surface area (Å²) in [6, 6.07) is 10.7. The summed E-state index contributed by atoms with van der Waals surface area (Å²) in [7, 11) is 1.89. The number of nitrogens with one attached hydrogen (secondary N) is 1. The largest absolute Gasteiger partial charge is 0.481 e. The first-order valence-corrected chi connectivity index (χ1v) is 17.6. The van der Waals surface area contributed by atoms with Crippen molar-refractivity contribution in [1.82, 2.24) is 14.4 Å². The molecule has 3 heterocycles. The van der Waals surface area contributed by atoms with Gasteiger partial charge in [0.15, 0.2) is 5.78 Å². The van der Waals surface area contributed by atoms with Gasteiger partial charge in [0.05, 0.1) is 41.5 Å². The van der Waals surface area contributed by atoms with E-state index in [1.165, 1.54) is 0 Å². The molecule has 0 spiro atoms. The van der Waals surface area contributed by atoms with Gasteiger partial charge >= 0.3 is 5.97 Å². The lowest BCUT2D eigenvalue weighted by Crippen LogP contribution is -2.73. The van der Waals surface area contributed by atoms with Crippen LogP contribution in [-0.2, 0) is 32.5 Å². The molecule has 1 amide bonds. The molecule has 1 saturated carbocycles. The minimum atomic E-state index is -1.39. The van der Waals surface area contributed by atoms with Crippen molar-refractivity contribution < 1.29 is 29.0 Å². The van der Waals surface area contributed by atoms with E-state index >= 15 is 0 Å². The molecule has 2 N–H and O–H groups in total. The number of carbonyl (C=O) groups is 3. The average Bonchev–Trinajstić information content (AvgIpc) is 3.72. The van der Waals surface area contributed by atoms with E-state index in [1.54, 1.807) is 18.3 Å². The minimum absolute atomic E-state index is 0.0477. The number of aryl methyl sites for hydroxylation is 1. The number of nitrogens with zero attached hydrogens (tertiary/aromatic N) is 3. The number of carboxylic acid groups (broad SMARTS) is 1. The monoisotopic (exact) mass is 698 g/mol. The number of carbonyl (C=O) groups excluding carboxylic acids is 2. The molecule has 48 heavy (non-hydrogen) atoms. The Bertz CT molecular complexity index is 1670. The Morgan fingerprint density at radius 3 is 2.33 bits per heavy atom. The smallest absolute Gasteiger partial charge is 0.306 e. The number of aliphatic carboxylic acids is 1. The minimum Gasteiger partial charge on any atom is -0.481 e. The van der Waals surface area contributed by atoms with Crippen LogP contribution in [0.5, 0.6) is 0 Å². The summed E-state index contributed by atoms with van der Waals surface area (Å²) in [5.74, 6) is -3.05. The number of ketones is 1. The standard InChI is InChI=1S/C36H44Cl2N4O6/c1-22-20-47-21-23(2)42(22)36(41-14-6-7-15-41,48-26-12-10-24(11-13-26)35(45)46)33(43)17-25-16-30(38)31(18-29(25)37)39-34(44)28-19-40(3)32-9-5-4-8-27(28)32/h4-5,8-9,16,18-19,22-24,26H,6-7,10-15,17,20-21H2,1-3H3,(H,39,44)(H,45,46)/t22-,23+,24-,26-,36?. The summed E-state index contributed by atoms with van der Waals surface area (Å²) in [4.78, 5) is 44.4. The molecule has 1 aliphatic carbocycles. The number of amides is 1. The molecule has 0 radical (unpaired) electrons. The molecule has 12 heteroatoms. The Kier molecular flexibility index (Phi) is 10.5. The maximum atomic E-state index is 15.0. The predicted molar refractivity (Wildman–Crippen MR) is 186 cm³/mol. The number of aromatic nitrogens is 1. The molecule has 6 rings (SSSR count). The Morgan fingerprint density at radius 2 is 1.67 bits per heavy atom. The zero-order valence-electron chi connectivity index (χ0n) is 27.7. The van der Waals surface area contributed by atoms with Crippen LogP contribution in [0, 0.1) is 5.92 Å². The van der Waals surface area contributed by atoms with Crippen LogP contribution in [-0.4, -0.2) is 87.5 Å². The van der Waals surface area contributed by atoms with Crippen molar-refractivity contribution >= 4 is 57.5 Å². The average molecular weight is 700 g/mol. The maximum absolute atomic E-state index is 15.0. The lowest BCUT2D eigenvalue weighted by molar-refractivity contribution is -0.285. The zero-order valence-corrected chi connectivity index (χ0v) is 29.2. The topological polar surface area (TPSA) is 113 Å². The van der Waals surface area contributed by atoms with E-state index < -0.39 is 17.7 Å². The zero-order chi connectivity index (χ0) is 34.2. The van der Waals surface area contributed by atoms with Crippen LogP contribution in [0.1, 0.15) is 68.3 Å². The van der Waals surface area contributed by atoms with Gasteiger partial charge in [-0.05, 0) is 76.1 Å². The van der Waals surface area contributed by atoms with E-state index in [0.717, 1.165) is 23.7 Å². The number of rotatable bonds is 10. The summed E-state index contributed by atoms with van der Waals surface area (Å²) >= 11 is 13.6. The summed E-state index contributed by atoms with van der Waals surface area (Å²) in [5.41, 5.74) is 2.33. The number of benzene rings is 2. The molecule has 1 aromatic heterocycles. The third-order valence-corrected chi connectivity index (χ3v) is 10.8. The molecule has 1 unspecified atom stereocenters. The van der Waals surface area contributed by atoms with Crippen LogP contribution in [0.15, 0.2) is 42.6 Å². The first kappa shape index (κ1) is 34.9. The van der Waals surface area contributed by atoms with E-state index in [2.05, 4.69) is 29.0 Å². The third kappa shape index (κ3) is 6.75. The molecule has 10 nitrogen and oxygen atoms in total. The number of Topliss-reactive ketones (excluding diaryl/α,β-unsaturated/α-hetero) is 1. The highest BCUT2D eigenvalue weighted by Crippen LogP contribution is 2.40. The lowest BCUT2D eigenvalue weighted by Gasteiger charge is -2.55. The Labute approximate surface area is 291 Å². The molecule has 3 atom stereocenters. The van der Waals surface area contributed by atoms with Gasteiger partial charge in [0.2, 0.25) is 5.85 Å². The number of ether oxygens (including phenoxy) is 2. The fourth-order valence-corrected chi connectivity index (χ4v) is 8.25. The van der Waals surface area contributed by atoms with Crippen LogP contribution in [0.3, 0.4) is 0 Å². The van der Waals surface area contributed by atoms with Gasteiger partial charge < -0.3 is 24.5 Å². The first-order chi connectivity index (χ1) is 23.0. The van der Waals surface area contributed by atoms with Gasteiger partial charge in [-0.3, -0.25) is 19.3 Å². The van der Waals surface area contributed by atoms with Crippen LogP contribution >= 0.6 is 23.2 Å². The maximum Gasteiger partial charge on any atom is 0.306 e. The number of morpholine rings is 1. The molecular formula is C36H44Cl2N4O6. The number of hydrogen-bond acceptors (Lipinski definition) is 7. The van der Waals surface area contributed by atoms with Crippen molar-refractivity contribution in [2.75, 3.05) is 31.6 Å². The molecular weight excluding hydrogens is 655 g/mol. The van der Waals surface area contributed by atoms with Crippen molar-refractivity contribution in [1.29, 1.82) is 0 Å². The molecule has 2 aliphatic heterocycles. The number of para-hydroxylation sites is 1. The Hall–Kier alpha value is -2.99. The Balaban J connectivity index is 1.30. The van der Waals surface area contributed by atoms with E-state index in [9.17, 15) is 19.5 Å². The van der Waals surface area contributed by atoms with E-state index in [1.807, 2.05) is 35.9 Å². The second-order valence-electron chi connectivity index (χ2n) is 13.5. The van der Waals surface area contributed by atoms with Gasteiger partial charge in [-0.1, -0.05) is 41.4 Å². The predicted octanol–water partition coefficient (Wildman–Crippen LogP) is 6.37. The van der Waals surface area contributed by atoms with Gasteiger partial charge in [0.1, 0.15) is 0 Å². The fraction of sp³-hybridized carbons (Fsp3) is 0.528. The Morgan fingerprint density at radius 1 is 1.00 bits per heavy atom. The number of hydrogen-bond donors (Lipinski definition) is 2. The van der Waals surface area contributed by atoms with Crippen molar-refractivity contribution in [3.05, 3.63) is 63.8 Å². The highest BCUT2D eigenvalue weighted by atomic mass is 35.5. The van der Waals surface area contributed by atoms with Crippen LogP contribution in [0.2, 0.25) is 10.0 Å². The first-order valence-electron chi connectivity index (χ1n) is 16.9. The SMILES string of the molecule is C[C@@H]1COC[C@H](C)N1C(O[C@H]1CC[C@H](C(=O)O)CC1)(C(=O)Cc1cc(Cl)c(NC(=O)c2cn(C)c3ccccc23)cc1Cl)N1CCCC1. The van der Waals surface area contributed by atoms with Crippen molar-refractivity contribution in [3.63, 3.8) is 0 Å². The highest BCUT2D eigenvalue weighted by molar-refractivity contribution is 6.36. The van der Waals surface area contributed by atoms with E-state index in [-0.39, 0.29) is 41.3 Å². The van der Waals surface area contributed by atoms with Gasteiger partial charge in [-0.2, -0.15) is 0 Å². The molecule has 3 aliphatic rings. The van der Waals surface area contributed by atoms with Crippen molar-refractivity contribution in [3.8, 4) is 0 Å². The van der Waals surface area contributed by atoms with Gasteiger partial charge in [-0.15, -0.1) is 0 Å². The normalized spacial score (nSPS) is 25.2. The summed E-state index contributed by atoms with van der Waals surface area (Å²) < 4.78 is 14.8. The van der Waals surface area contributed by atoms with Gasteiger partial charge in [-0.25, -0.2) is 4.90 Å². The quantitative estimate of drug-likeness (QED) is 0.251. The fourth-order valence-electron chi connectivity index (χ4n) is 7.79. The summed E-state index contributed by atoms with van der Waals surface area (Å²) in [5, 5.41) is 13.9. The highest BCUT2D eigenvalue weighted by Gasteiger charge is 2.56. The number of carboxylic acids is 1. The van der Waals surface area contributed by atoms with Crippen LogP contribution in [0.4, 0.5) is 5.69 Å².